The molecular formula is C10H12F9N. The van der Waals surface area contributed by atoms with E-state index >= 15 is 0 Å². The van der Waals surface area contributed by atoms with Crippen molar-refractivity contribution in [2.45, 2.75) is 55.7 Å². The molecule has 0 radical (unpaired) electrons. The topological polar surface area (TPSA) is 26.0 Å². The molecule has 1 fully saturated rings. The Hall–Kier alpha value is -0.670. The lowest BCUT2D eigenvalue weighted by atomic mass is 9.79. The summed E-state index contributed by atoms with van der Waals surface area (Å²) in [7, 11) is 0. The van der Waals surface area contributed by atoms with Crippen LogP contribution in [0.1, 0.15) is 25.7 Å². The van der Waals surface area contributed by atoms with E-state index in [1.54, 1.807) is 0 Å². The van der Waals surface area contributed by atoms with Crippen molar-refractivity contribution in [3.05, 3.63) is 0 Å². The monoisotopic (exact) mass is 317 g/mol. The Kier molecular flexibility index (Phi) is 4.31. The van der Waals surface area contributed by atoms with Gasteiger partial charge in [-0.15, -0.1) is 0 Å². The molecule has 1 rings (SSSR count). The molecule has 20 heavy (non-hydrogen) atoms. The fourth-order valence-electron chi connectivity index (χ4n) is 2.13. The fraction of sp³-hybridized carbons (Fsp3) is 1.00. The van der Waals surface area contributed by atoms with E-state index in [0.29, 0.717) is 0 Å². The minimum absolute atomic E-state index is 0.131. The minimum atomic E-state index is -6.80. The van der Waals surface area contributed by atoms with Crippen molar-refractivity contribution in [1.29, 1.82) is 0 Å². The van der Waals surface area contributed by atoms with Gasteiger partial charge < -0.3 is 5.73 Å². The standard InChI is InChI=1S/C10H12F9N/c11-7(12,5-1-3-6(20)4-2-5)8(13,14)9(15,16)10(17,18)19/h5-6H,1-4,20H2. The molecule has 1 aliphatic rings. The summed E-state index contributed by atoms with van der Waals surface area (Å²) in [5.41, 5.74) is 5.34. The zero-order valence-corrected chi connectivity index (χ0v) is 9.96. The van der Waals surface area contributed by atoms with Crippen molar-refractivity contribution >= 4 is 0 Å². The van der Waals surface area contributed by atoms with E-state index in [0.717, 1.165) is 0 Å². The molecule has 120 valence electrons. The Bertz CT molecular complexity index is 341. The maximum absolute atomic E-state index is 13.5. The molecule has 0 bridgehead atoms. The van der Waals surface area contributed by atoms with Crippen molar-refractivity contribution in [2.24, 2.45) is 11.7 Å². The summed E-state index contributed by atoms with van der Waals surface area (Å²) in [6, 6.07) is -0.543. The highest BCUT2D eigenvalue weighted by molar-refractivity contribution is 5.03. The normalized spacial score (nSPS) is 26.7. The quantitative estimate of drug-likeness (QED) is 0.783. The highest BCUT2D eigenvalue weighted by atomic mass is 19.4. The molecule has 0 aliphatic heterocycles. The van der Waals surface area contributed by atoms with Crippen molar-refractivity contribution in [1.82, 2.24) is 0 Å². The van der Waals surface area contributed by atoms with E-state index in [1.807, 2.05) is 0 Å². The average Bonchev–Trinajstić information content (AvgIpc) is 2.27. The molecule has 0 atom stereocenters. The molecule has 0 heterocycles. The maximum atomic E-state index is 13.5. The van der Waals surface area contributed by atoms with Crippen molar-refractivity contribution in [3.8, 4) is 0 Å². The molecule has 2 N–H and O–H groups in total. The van der Waals surface area contributed by atoms with Crippen LogP contribution >= 0.6 is 0 Å². The largest absolute Gasteiger partial charge is 0.460 e. The van der Waals surface area contributed by atoms with E-state index in [4.69, 9.17) is 5.73 Å². The molecule has 10 heteroatoms. The predicted octanol–water partition coefficient (Wildman–Crippen LogP) is 3.97. The maximum Gasteiger partial charge on any atom is 0.460 e. The fourth-order valence-corrected chi connectivity index (χ4v) is 2.13. The van der Waals surface area contributed by atoms with Crippen LogP contribution in [0.2, 0.25) is 0 Å². The van der Waals surface area contributed by atoms with Crippen molar-refractivity contribution < 1.29 is 39.5 Å². The van der Waals surface area contributed by atoms with Gasteiger partial charge in [-0.1, -0.05) is 0 Å². The first kappa shape index (κ1) is 17.4. The van der Waals surface area contributed by atoms with Crippen LogP contribution in [-0.4, -0.2) is 30.0 Å². The lowest BCUT2D eigenvalue weighted by Crippen LogP contribution is -2.63. The van der Waals surface area contributed by atoms with Gasteiger partial charge in [-0.05, 0) is 25.7 Å². The predicted molar refractivity (Wildman–Crippen MR) is 50.8 cm³/mol. The molecule has 1 aliphatic carbocycles. The molecule has 0 saturated heterocycles. The Morgan fingerprint density at radius 2 is 1.05 bits per heavy atom. The first-order valence-corrected chi connectivity index (χ1v) is 5.71. The Morgan fingerprint density at radius 1 is 0.650 bits per heavy atom. The van der Waals surface area contributed by atoms with E-state index in [2.05, 4.69) is 0 Å². The van der Waals surface area contributed by atoms with Crippen LogP contribution < -0.4 is 5.73 Å². The SMILES string of the molecule is NC1CCC(C(F)(F)C(F)(F)C(F)(F)C(F)(F)F)CC1. The zero-order valence-electron chi connectivity index (χ0n) is 9.96. The third-order valence-electron chi connectivity index (χ3n) is 3.45. The minimum Gasteiger partial charge on any atom is -0.328 e. The Balaban J connectivity index is 3.06. The molecule has 1 saturated carbocycles. The van der Waals surface area contributed by atoms with Crippen LogP contribution in [0.3, 0.4) is 0 Å². The van der Waals surface area contributed by atoms with E-state index in [1.165, 1.54) is 0 Å². The lowest BCUT2D eigenvalue weighted by Gasteiger charge is -2.39. The van der Waals surface area contributed by atoms with Crippen molar-refractivity contribution in [3.63, 3.8) is 0 Å². The summed E-state index contributed by atoms with van der Waals surface area (Å²) in [5, 5.41) is 0. The average molecular weight is 317 g/mol. The number of hydrogen-bond donors (Lipinski definition) is 1. The second-order valence-electron chi connectivity index (χ2n) is 4.88. The van der Waals surface area contributed by atoms with Gasteiger partial charge in [0.1, 0.15) is 0 Å². The Labute approximate surface area is 108 Å². The van der Waals surface area contributed by atoms with Gasteiger partial charge in [-0.2, -0.15) is 39.5 Å². The van der Waals surface area contributed by atoms with Crippen LogP contribution in [0.25, 0.3) is 0 Å². The smallest absolute Gasteiger partial charge is 0.328 e. The number of halogens is 9. The first-order chi connectivity index (χ1) is 8.75. The summed E-state index contributed by atoms with van der Waals surface area (Å²) < 4.78 is 114. The molecule has 0 aromatic heterocycles. The van der Waals surface area contributed by atoms with Crippen LogP contribution in [0.15, 0.2) is 0 Å². The highest BCUT2D eigenvalue weighted by Crippen LogP contribution is 2.56. The van der Waals surface area contributed by atoms with Gasteiger partial charge >= 0.3 is 23.9 Å². The molecule has 0 amide bonds. The second-order valence-corrected chi connectivity index (χ2v) is 4.88. The Morgan fingerprint density at radius 3 is 1.40 bits per heavy atom. The van der Waals surface area contributed by atoms with Gasteiger partial charge in [0, 0.05) is 12.0 Å². The summed E-state index contributed by atoms with van der Waals surface area (Å²) in [6.45, 7) is 0. The van der Waals surface area contributed by atoms with Gasteiger partial charge in [0.05, 0.1) is 0 Å². The molecule has 0 unspecified atom stereocenters. The van der Waals surface area contributed by atoms with Crippen LogP contribution in [0.4, 0.5) is 39.5 Å². The number of rotatable bonds is 3. The van der Waals surface area contributed by atoms with E-state index in [9.17, 15) is 39.5 Å². The van der Waals surface area contributed by atoms with Crippen LogP contribution in [0.5, 0.6) is 0 Å². The van der Waals surface area contributed by atoms with Crippen LogP contribution in [0, 0.1) is 5.92 Å². The molecule has 0 spiro atoms. The van der Waals surface area contributed by atoms with Crippen LogP contribution in [-0.2, 0) is 0 Å². The summed E-state index contributed by atoms with van der Waals surface area (Å²) in [6.07, 6.45) is -8.28. The lowest BCUT2D eigenvalue weighted by molar-refractivity contribution is -0.404. The molecule has 0 aromatic rings. The second kappa shape index (κ2) is 4.96. The van der Waals surface area contributed by atoms with E-state index in [-0.39, 0.29) is 12.8 Å². The first-order valence-electron chi connectivity index (χ1n) is 5.71. The third kappa shape index (κ3) is 2.58. The van der Waals surface area contributed by atoms with Crippen molar-refractivity contribution in [2.75, 3.05) is 0 Å². The number of alkyl halides is 9. The van der Waals surface area contributed by atoms with E-state index < -0.39 is 48.7 Å². The van der Waals surface area contributed by atoms with Gasteiger partial charge in [0.2, 0.25) is 0 Å². The third-order valence-corrected chi connectivity index (χ3v) is 3.45. The van der Waals surface area contributed by atoms with Gasteiger partial charge in [0.15, 0.2) is 0 Å². The summed E-state index contributed by atoms with van der Waals surface area (Å²) in [4.78, 5) is 0. The molecule has 1 nitrogen and oxygen atoms in total. The summed E-state index contributed by atoms with van der Waals surface area (Å²) in [5.74, 6) is -21.0. The van der Waals surface area contributed by atoms with Gasteiger partial charge in [-0.25, -0.2) is 0 Å². The molecule has 0 aromatic carbocycles. The highest BCUT2D eigenvalue weighted by Gasteiger charge is 2.82. The zero-order chi connectivity index (χ0) is 16.0. The van der Waals surface area contributed by atoms with Gasteiger partial charge in [-0.3, -0.25) is 0 Å². The molecular weight excluding hydrogens is 305 g/mol. The van der Waals surface area contributed by atoms with Gasteiger partial charge in [0.25, 0.3) is 0 Å². The number of nitrogens with two attached hydrogens (primary N) is 1. The number of hydrogen-bond acceptors (Lipinski definition) is 1. The summed E-state index contributed by atoms with van der Waals surface area (Å²) >= 11 is 0.